The van der Waals surface area contributed by atoms with Gasteiger partial charge in [0.25, 0.3) is 5.91 Å². The Morgan fingerprint density at radius 2 is 2.44 bits per heavy atom. The molecule has 88 valence electrons. The van der Waals surface area contributed by atoms with Crippen LogP contribution in [0.3, 0.4) is 0 Å². The van der Waals surface area contributed by atoms with Gasteiger partial charge in [-0.1, -0.05) is 6.92 Å². The van der Waals surface area contributed by atoms with Crippen LogP contribution in [0.5, 0.6) is 0 Å². The van der Waals surface area contributed by atoms with Gasteiger partial charge in [-0.2, -0.15) is 5.10 Å². The topological polar surface area (TPSA) is 58.9 Å². The van der Waals surface area contributed by atoms with Crippen molar-refractivity contribution in [2.75, 3.05) is 13.1 Å². The first-order valence-corrected chi connectivity index (χ1v) is 5.66. The number of rotatable bonds is 2. The molecule has 5 nitrogen and oxygen atoms in total. The van der Waals surface area contributed by atoms with Crippen molar-refractivity contribution in [3.63, 3.8) is 0 Å². The summed E-state index contributed by atoms with van der Waals surface area (Å²) >= 11 is 0. The molecule has 0 saturated carbocycles. The fourth-order valence-electron chi connectivity index (χ4n) is 2.12. The second-order valence-electron chi connectivity index (χ2n) is 4.51. The van der Waals surface area contributed by atoms with Gasteiger partial charge in [0, 0.05) is 25.8 Å². The van der Waals surface area contributed by atoms with Gasteiger partial charge >= 0.3 is 0 Å². The summed E-state index contributed by atoms with van der Waals surface area (Å²) in [5.74, 6) is 0.575. The van der Waals surface area contributed by atoms with Gasteiger partial charge in [0.05, 0.1) is 0 Å². The number of amides is 1. The lowest BCUT2D eigenvalue weighted by molar-refractivity contribution is 0.0916. The van der Waals surface area contributed by atoms with Gasteiger partial charge in [0.15, 0.2) is 0 Å². The highest BCUT2D eigenvalue weighted by Gasteiger charge is 2.21. The SMILES string of the molecule is CC1CNCC(NC(=O)c2ccnn2C)C1. The number of aromatic nitrogens is 2. The molecule has 0 bridgehead atoms. The standard InChI is InChI=1S/C11H18N4O/c1-8-5-9(7-12-6-8)14-11(16)10-3-4-13-15(10)2/h3-4,8-9,12H,5-7H2,1-2H3,(H,14,16). The van der Waals surface area contributed by atoms with E-state index in [9.17, 15) is 4.79 Å². The van der Waals surface area contributed by atoms with Gasteiger partial charge < -0.3 is 10.6 Å². The van der Waals surface area contributed by atoms with Crippen LogP contribution >= 0.6 is 0 Å². The van der Waals surface area contributed by atoms with Gasteiger partial charge in [0.1, 0.15) is 5.69 Å². The van der Waals surface area contributed by atoms with Crippen molar-refractivity contribution in [1.29, 1.82) is 0 Å². The van der Waals surface area contributed by atoms with Gasteiger partial charge in [-0.15, -0.1) is 0 Å². The minimum Gasteiger partial charge on any atom is -0.347 e. The number of nitrogens with zero attached hydrogens (tertiary/aromatic N) is 2. The van der Waals surface area contributed by atoms with Crippen molar-refractivity contribution in [2.24, 2.45) is 13.0 Å². The van der Waals surface area contributed by atoms with Crippen LogP contribution in [0.15, 0.2) is 12.3 Å². The maximum atomic E-state index is 11.9. The van der Waals surface area contributed by atoms with Gasteiger partial charge in [0.2, 0.25) is 0 Å². The van der Waals surface area contributed by atoms with E-state index < -0.39 is 0 Å². The lowest BCUT2D eigenvalue weighted by atomic mass is 9.97. The summed E-state index contributed by atoms with van der Waals surface area (Å²) in [7, 11) is 1.77. The Labute approximate surface area is 95.2 Å². The first-order chi connectivity index (χ1) is 7.66. The Balaban J connectivity index is 1.95. The molecular weight excluding hydrogens is 204 g/mol. The summed E-state index contributed by atoms with van der Waals surface area (Å²) in [5, 5.41) is 10.3. The first-order valence-electron chi connectivity index (χ1n) is 5.66. The molecule has 2 atom stereocenters. The lowest BCUT2D eigenvalue weighted by Crippen LogP contribution is -2.48. The molecule has 0 spiro atoms. The molecule has 2 heterocycles. The molecule has 2 unspecified atom stereocenters. The van der Waals surface area contributed by atoms with E-state index in [0.29, 0.717) is 11.6 Å². The maximum absolute atomic E-state index is 11.9. The molecule has 1 aromatic heterocycles. The van der Waals surface area contributed by atoms with Crippen LogP contribution in [0.4, 0.5) is 0 Å². The summed E-state index contributed by atoms with van der Waals surface area (Å²) in [6, 6.07) is 1.96. The Kier molecular flexibility index (Phi) is 3.24. The van der Waals surface area contributed by atoms with E-state index in [4.69, 9.17) is 0 Å². The highest BCUT2D eigenvalue weighted by molar-refractivity contribution is 5.92. The van der Waals surface area contributed by atoms with Crippen molar-refractivity contribution >= 4 is 5.91 Å². The molecule has 1 saturated heterocycles. The highest BCUT2D eigenvalue weighted by Crippen LogP contribution is 2.10. The summed E-state index contributed by atoms with van der Waals surface area (Å²) in [6.07, 6.45) is 2.67. The van der Waals surface area contributed by atoms with Crippen molar-refractivity contribution in [3.05, 3.63) is 18.0 Å². The van der Waals surface area contributed by atoms with Crippen LogP contribution in [0.25, 0.3) is 0 Å². The number of aryl methyl sites for hydroxylation is 1. The highest BCUT2D eigenvalue weighted by atomic mass is 16.2. The third-order valence-electron chi connectivity index (χ3n) is 2.96. The van der Waals surface area contributed by atoms with Gasteiger partial charge in [-0.3, -0.25) is 9.48 Å². The van der Waals surface area contributed by atoms with E-state index in [-0.39, 0.29) is 11.9 Å². The average molecular weight is 222 g/mol. The van der Waals surface area contributed by atoms with E-state index >= 15 is 0 Å². The molecule has 5 heteroatoms. The Bertz CT molecular complexity index is 374. The van der Waals surface area contributed by atoms with E-state index in [0.717, 1.165) is 19.5 Å². The third-order valence-corrected chi connectivity index (χ3v) is 2.96. The van der Waals surface area contributed by atoms with Crippen molar-refractivity contribution in [2.45, 2.75) is 19.4 Å². The molecule has 16 heavy (non-hydrogen) atoms. The van der Waals surface area contributed by atoms with Crippen LogP contribution in [0.1, 0.15) is 23.8 Å². The van der Waals surface area contributed by atoms with Crippen molar-refractivity contribution in [3.8, 4) is 0 Å². The lowest BCUT2D eigenvalue weighted by Gasteiger charge is -2.28. The predicted octanol–water partition coefficient (Wildman–Crippen LogP) is 0.148. The fraction of sp³-hybridized carbons (Fsp3) is 0.636. The molecule has 1 aromatic rings. The molecule has 2 rings (SSSR count). The minimum atomic E-state index is -0.0408. The molecular formula is C11H18N4O. The molecule has 1 aliphatic heterocycles. The monoisotopic (exact) mass is 222 g/mol. The molecule has 1 aliphatic rings. The van der Waals surface area contributed by atoms with Crippen LogP contribution < -0.4 is 10.6 Å². The second-order valence-corrected chi connectivity index (χ2v) is 4.51. The van der Waals surface area contributed by atoms with Crippen molar-refractivity contribution < 1.29 is 4.79 Å². The third kappa shape index (κ3) is 2.41. The van der Waals surface area contributed by atoms with Crippen LogP contribution in [0, 0.1) is 5.92 Å². The van der Waals surface area contributed by atoms with E-state index in [1.54, 1.807) is 24.0 Å². The smallest absolute Gasteiger partial charge is 0.269 e. The number of piperidine rings is 1. The van der Waals surface area contributed by atoms with Gasteiger partial charge in [-0.25, -0.2) is 0 Å². The zero-order valence-electron chi connectivity index (χ0n) is 9.73. The Morgan fingerprint density at radius 3 is 3.06 bits per heavy atom. The number of hydrogen-bond acceptors (Lipinski definition) is 3. The molecule has 0 aliphatic carbocycles. The first kappa shape index (κ1) is 11.1. The maximum Gasteiger partial charge on any atom is 0.269 e. The summed E-state index contributed by atoms with van der Waals surface area (Å²) < 4.78 is 1.59. The molecule has 0 aromatic carbocycles. The van der Waals surface area contributed by atoms with E-state index in [2.05, 4.69) is 22.7 Å². The zero-order chi connectivity index (χ0) is 11.5. The van der Waals surface area contributed by atoms with Crippen LogP contribution in [0.2, 0.25) is 0 Å². The second kappa shape index (κ2) is 4.65. The zero-order valence-corrected chi connectivity index (χ0v) is 9.73. The fourth-order valence-corrected chi connectivity index (χ4v) is 2.12. The molecule has 1 fully saturated rings. The van der Waals surface area contributed by atoms with E-state index in [1.165, 1.54) is 0 Å². The quantitative estimate of drug-likeness (QED) is 0.748. The summed E-state index contributed by atoms with van der Waals surface area (Å²) in [5.41, 5.74) is 0.609. The molecule has 1 amide bonds. The van der Waals surface area contributed by atoms with E-state index in [1.807, 2.05) is 0 Å². The largest absolute Gasteiger partial charge is 0.347 e. The number of nitrogens with one attached hydrogen (secondary N) is 2. The minimum absolute atomic E-state index is 0.0408. The Morgan fingerprint density at radius 1 is 1.62 bits per heavy atom. The number of carbonyl (C=O) groups is 1. The molecule has 2 N–H and O–H groups in total. The summed E-state index contributed by atoms with van der Waals surface area (Å²) in [6.45, 7) is 4.08. The number of carbonyl (C=O) groups excluding carboxylic acids is 1. The Hall–Kier alpha value is -1.36. The number of hydrogen-bond donors (Lipinski definition) is 2. The van der Waals surface area contributed by atoms with Crippen LogP contribution in [-0.2, 0) is 7.05 Å². The van der Waals surface area contributed by atoms with Crippen molar-refractivity contribution in [1.82, 2.24) is 20.4 Å². The molecule has 0 radical (unpaired) electrons. The summed E-state index contributed by atoms with van der Waals surface area (Å²) in [4.78, 5) is 11.9. The normalized spacial score (nSPS) is 25.4. The predicted molar refractivity (Wildman–Crippen MR) is 61.1 cm³/mol. The average Bonchev–Trinajstić information content (AvgIpc) is 2.64. The van der Waals surface area contributed by atoms with Gasteiger partial charge in [-0.05, 0) is 24.9 Å². The van der Waals surface area contributed by atoms with Crippen LogP contribution in [-0.4, -0.2) is 34.8 Å².